The van der Waals surface area contributed by atoms with Crippen molar-refractivity contribution in [3.63, 3.8) is 0 Å². The fraction of sp³-hybridized carbons (Fsp3) is 0.533. The zero-order chi connectivity index (χ0) is 17.9. The number of rotatable bonds is 5. The van der Waals surface area contributed by atoms with E-state index in [9.17, 15) is 14.0 Å². The SMILES string of the molecule is CC(C)[C@@H]1CN(c2ncc(Cl)cc2F)C[C@H]1NC(=O)CNC(N)=O. The third-order valence-electron chi connectivity index (χ3n) is 4.08. The number of amides is 3. The first-order valence-corrected chi connectivity index (χ1v) is 8.04. The van der Waals surface area contributed by atoms with Crippen LogP contribution in [0.3, 0.4) is 0 Å². The average molecular weight is 358 g/mol. The molecule has 0 radical (unpaired) electrons. The van der Waals surface area contributed by atoms with Crippen LogP contribution in [0.2, 0.25) is 5.02 Å². The van der Waals surface area contributed by atoms with Crippen LogP contribution in [-0.4, -0.2) is 42.6 Å². The Hall–Kier alpha value is -2.09. The lowest BCUT2D eigenvalue weighted by Crippen LogP contribution is -2.47. The molecule has 4 N–H and O–H groups in total. The summed E-state index contributed by atoms with van der Waals surface area (Å²) < 4.78 is 14.1. The van der Waals surface area contributed by atoms with Gasteiger partial charge in [-0.05, 0) is 12.0 Å². The van der Waals surface area contributed by atoms with Gasteiger partial charge in [-0.3, -0.25) is 4.79 Å². The first-order chi connectivity index (χ1) is 11.3. The zero-order valence-electron chi connectivity index (χ0n) is 13.6. The summed E-state index contributed by atoms with van der Waals surface area (Å²) in [6, 6.07) is 0.284. The molecule has 0 saturated carbocycles. The molecule has 1 saturated heterocycles. The van der Waals surface area contributed by atoms with Gasteiger partial charge in [-0.25, -0.2) is 14.2 Å². The van der Waals surface area contributed by atoms with Gasteiger partial charge in [0.1, 0.15) is 0 Å². The monoisotopic (exact) mass is 357 g/mol. The topological polar surface area (TPSA) is 100 Å². The Morgan fingerprint density at radius 2 is 2.21 bits per heavy atom. The van der Waals surface area contributed by atoms with Gasteiger partial charge in [0.15, 0.2) is 11.6 Å². The number of hydrogen-bond donors (Lipinski definition) is 3. The molecule has 0 unspecified atom stereocenters. The fourth-order valence-electron chi connectivity index (χ4n) is 2.90. The molecule has 1 aromatic heterocycles. The summed E-state index contributed by atoms with van der Waals surface area (Å²) in [6.45, 7) is 4.89. The molecule has 2 heterocycles. The van der Waals surface area contributed by atoms with Crippen molar-refractivity contribution < 1.29 is 14.0 Å². The molecule has 9 heteroatoms. The molecule has 1 fully saturated rings. The minimum atomic E-state index is -0.758. The molecular formula is C15H21ClFN5O2. The van der Waals surface area contributed by atoms with Crippen molar-refractivity contribution in [2.24, 2.45) is 17.6 Å². The van der Waals surface area contributed by atoms with E-state index < -0.39 is 11.8 Å². The lowest BCUT2D eigenvalue weighted by Gasteiger charge is -2.22. The maximum absolute atomic E-state index is 14.1. The molecule has 0 aliphatic carbocycles. The zero-order valence-corrected chi connectivity index (χ0v) is 14.3. The van der Waals surface area contributed by atoms with E-state index in [2.05, 4.69) is 15.6 Å². The number of nitrogens with zero attached hydrogens (tertiary/aromatic N) is 2. The minimum absolute atomic E-state index is 0.124. The smallest absolute Gasteiger partial charge is 0.312 e. The van der Waals surface area contributed by atoms with Gasteiger partial charge in [-0.1, -0.05) is 25.4 Å². The molecule has 0 bridgehead atoms. The highest BCUT2D eigenvalue weighted by Gasteiger charge is 2.37. The number of primary amides is 1. The minimum Gasteiger partial charge on any atom is -0.352 e. The van der Waals surface area contributed by atoms with Crippen LogP contribution < -0.4 is 21.3 Å². The van der Waals surface area contributed by atoms with Crippen LogP contribution in [0, 0.1) is 17.7 Å². The number of nitrogens with one attached hydrogen (secondary N) is 2. The highest BCUT2D eigenvalue weighted by Crippen LogP contribution is 2.29. The summed E-state index contributed by atoms with van der Waals surface area (Å²) in [7, 11) is 0. The van der Waals surface area contributed by atoms with Gasteiger partial charge in [-0.2, -0.15) is 0 Å². The molecule has 3 amide bonds. The summed E-state index contributed by atoms with van der Waals surface area (Å²) in [5.74, 6) is -0.209. The van der Waals surface area contributed by atoms with Crippen LogP contribution in [-0.2, 0) is 4.79 Å². The molecule has 24 heavy (non-hydrogen) atoms. The molecule has 2 atom stereocenters. The Morgan fingerprint density at radius 1 is 1.50 bits per heavy atom. The summed E-state index contributed by atoms with van der Waals surface area (Å²) in [4.78, 5) is 28.5. The van der Waals surface area contributed by atoms with Crippen LogP contribution in [0.25, 0.3) is 0 Å². The number of carbonyl (C=O) groups excluding carboxylic acids is 2. The first kappa shape index (κ1) is 18.3. The summed E-state index contributed by atoms with van der Waals surface area (Å²) in [5.41, 5.74) is 4.95. The van der Waals surface area contributed by atoms with Gasteiger partial charge in [0.2, 0.25) is 5.91 Å². The molecule has 7 nitrogen and oxygen atoms in total. The molecule has 2 rings (SSSR count). The molecular weight excluding hydrogens is 337 g/mol. The Balaban J connectivity index is 2.08. The van der Waals surface area contributed by atoms with Crippen LogP contribution in [0.4, 0.5) is 15.0 Å². The van der Waals surface area contributed by atoms with Crippen molar-refractivity contribution in [3.8, 4) is 0 Å². The van der Waals surface area contributed by atoms with Crippen LogP contribution in [0.5, 0.6) is 0 Å². The summed E-state index contributed by atoms with van der Waals surface area (Å²) >= 11 is 5.74. The molecule has 0 aromatic carbocycles. The van der Waals surface area contributed by atoms with Crippen molar-refractivity contribution in [1.82, 2.24) is 15.6 Å². The summed E-state index contributed by atoms with van der Waals surface area (Å²) in [6.07, 6.45) is 1.40. The maximum atomic E-state index is 14.1. The van der Waals surface area contributed by atoms with Crippen molar-refractivity contribution in [2.45, 2.75) is 19.9 Å². The Bertz CT molecular complexity index is 628. The van der Waals surface area contributed by atoms with E-state index in [0.717, 1.165) is 0 Å². The Kier molecular flexibility index (Phi) is 5.82. The van der Waals surface area contributed by atoms with Crippen LogP contribution in [0.1, 0.15) is 13.8 Å². The van der Waals surface area contributed by atoms with Crippen LogP contribution in [0.15, 0.2) is 12.3 Å². The molecule has 1 aliphatic heterocycles. The van der Waals surface area contributed by atoms with E-state index in [1.165, 1.54) is 12.3 Å². The third-order valence-corrected chi connectivity index (χ3v) is 4.29. The Morgan fingerprint density at radius 3 is 2.79 bits per heavy atom. The second-order valence-corrected chi connectivity index (χ2v) is 6.60. The normalized spacial score (nSPS) is 20.3. The van der Waals surface area contributed by atoms with E-state index >= 15 is 0 Å². The predicted molar refractivity (Wildman–Crippen MR) is 89.3 cm³/mol. The quantitative estimate of drug-likeness (QED) is 0.735. The van der Waals surface area contributed by atoms with Gasteiger partial charge in [0.25, 0.3) is 0 Å². The third kappa shape index (κ3) is 4.47. The standard InChI is InChI=1S/C15H21ClFN5O2/c1-8(2)10-6-22(14-11(17)3-9(16)4-19-14)7-12(10)21-13(23)5-20-15(18)24/h3-4,8,10,12H,5-7H2,1-2H3,(H,21,23)(H3,18,20,24)/t10-,12+/m0/s1. The number of anilines is 1. The lowest BCUT2D eigenvalue weighted by atomic mass is 9.91. The van der Waals surface area contributed by atoms with Gasteiger partial charge in [0, 0.05) is 25.2 Å². The van der Waals surface area contributed by atoms with Crippen LogP contribution >= 0.6 is 11.6 Å². The van der Waals surface area contributed by atoms with E-state index in [-0.39, 0.29) is 41.2 Å². The Labute approximate surface area is 144 Å². The predicted octanol–water partition coefficient (Wildman–Crippen LogP) is 1.12. The summed E-state index contributed by atoms with van der Waals surface area (Å²) in [5, 5.41) is 5.35. The number of pyridine rings is 1. The lowest BCUT2D eigenvalue weighted by molar-refractivity contribution is -0.121. The van der Waals surface area contributed by atoms with Gasteiger partial charge < -0.3 is 21.3 Å². The second kappa shape index (κ2) is 7.65. The largest absolute Gasteiger partial charge is 0.352 e. The van der Waals surface area contributed by atoms with Crippen molar-refractivity contribution >= 4 is 29.4 Å². The molecule has 1 aromatic rings. The van der Waals surface area contributed by atoms with Crippen molar-refractivity contribution in [3.05, 3.63) is 23.1 Å². The number of carbonyl (C=O) groups is 2. The molecule has 1 aliphatic rings. The van der Waals surface area contributed by atoms with Crippen molar-refractivity contribution in [1.29, 1.82) is 0 Å². The second-order valence-electron chi connectivity index (χ2n) is 6.16. The number of nitrogens with two attached hydrogens (primary N) is 1. The number of hydrogen-bond acceptors (Lipinski definition) is 4. The number of aromatic nitrogens is 1. The highest BCUT2D eigenvalue weighted by molar-refractivity contribution is 6.30. The number of urea groups is 1. The molecule has 132 valence electrons. The first-order valence-electron chi connectivity index (χ1n) is 7.66. The van der Waals surface area contributed by atoms with E-state index in [4.69, 9.17) is 17.3 Å². The van der Waals surface area contributed by atoms with E-state index in [1.54, 1.807) is 4.90 Å². The maximum Gasteiger partial charge on any atom is 0.312 e. The molecule has 0 spiro atoms. The highest BCUT2D eigenvalue weighted by atomic mass is 35.5. The van der Waals surface area contributed by atoms with Crippen molar-refractivity contribution in [2.75, 3.05) is 24.5 Å². The van der Waals surface area contributed by atoms with E-state index in [0.29, 0.717) is 13.1 Å². The van der Waals surface area contributed by atoms with Gasteiger partial charge in [0.05, 0.1) is 17.6 Å². The average Bonchev–Trinajstić information content (AvgIpc) is 2.88. The number of halogens is 2. The van der Waals surface area contributed by atoms with Gasteiger partial charge in [-0.15, -0.1) is 0 Å². The fourth-order valence-corrected chi connectivity index (χ4v) is 3.04. The van der Waals surface area contributed by atoms with E-state index in [1.807, 2.05) is 13.8 Å². The van der Waals surface area contributed by atoms with Gasteiger partial charge >= 0.3 is 6.03 Å².